The minimum absolute atomic E-state index is 0.149. The number of nitrogens with one attached hydrogen (secondary N) is 2. The lowest BCUT2D eigenvalue weighted by Gasteiger charge is -2.06. The van der Waals surface area contributed by atoms with Gasteiger partial charge in [-0.2, -0.15) is 0 Å². The van der Waals surface area contributed by atoms with Crippen LogP contribution in [0.4, 0.5) is 0 Å². The van der Waals surface area contributed by atoms with Crippen LogP contribution < -0.4 is 10.0 Å². The van der Waals surface area contributed by atoms with Crippen molar-refractivity contribution in [3.8, 4) is 0 Å². The summed E-state index contributed by atoms with van der Waals surface area (Å²) in [6, 6.07) is 0. The lowest BCUT2D eigenvalue weighted by Crippen LogP contribution is -2.31. The van der Waals surface area contributed by atoms with Gasteiger partial charge in [0, 0.05) is 6.54 Å². The summed E-state index contributed by atoms with van der Waals surface area (Å²) in [6.45, 7) is 5.54. The standard InChI is InChI=1S/C7H18N2O2S/c1-7(2)6-9-4-5-12(10,11)8-3/h7-9H,4-6H2,1-3H3. The van der Waals surface area contributed by atoms with Crippen LogP contribution in [0.25, 0.3) is 0 Å². The van der Waals surface area contributed by atoms with Crippen LogP contribution in [0.5, 0.6) is 0 Å². The van der Waals surface area contributed by atoms with E-state index in [0.717, 1.165) is 6.54 Å². The Labute approximate surface area is 74.8 Å². The van der Waals surface area contributed by atoms with Gasteiger partial charge in [-0.1, -0.05) is 13.8 Å². The minimum atomic E-state index is -3.03. The third-order valence-corrected chi connectivity index (χ3v) is 2.77. The molecule has 0 aliphatic rings. The van der Waals surface area contributed by atoms with Crippen LogP contribution in [0.1, 0.15) is 13.8 Å². The zero-order valence-electron chi connectivity index (χ0n) is 7.92. The highest BCUT2D eigenvalue weighted by Gasteiger charge is 2.04. The summed E-state index contributed by atoms with van der Waals surface area (Å²) in [5, 5.41) is 3.06. The molecule has 2 N–H and O–H groups in total. The van der Waals surface area contributed by atoms with E-state index in [1.165, 1.54) is 7.05 Å². The Kier molecular flexibility index (Phi) is 5.44. The quantitative estimate of drug-likeness (QED) is 0.575. The smallest absolute Gasteiger partial charge is 0.212 e. The van der Waals surface area contributed by atoms with E-state index >= 15 is 0 Å². The molecule has 0 spiro atoms. The van der Waals surface area contributed by atoms with Crippen molar-refractivity contribution in [1.82, 2.24) is 10.0 Å². The van der Waals surface area contributed by atoms with E-state index in [2.05, 4.69) is 23.9 Å². The van der Waals surface area contributed by atoms with E-state index in [0.29, 0.717) is 12.5 Å². The molecular weight excluding hydrogens is 176 g/mol. The fourth-order valence-corrected chi connectivity index (χ4v) is 1.32. The van der Waals surface area contributed by atoms with Gasteiger partial charge in [0.15, 0.2) is 0 Å². The molecule has 0 heterocycles. The number of sulfonamides is 1. The number of rotatable bonds is 6. The SMILES string of the molecule is CNS(=O)(=O)CCNCC(C)C. The van der Waals surface area contributed by atoms with Crippen LogP contribution in [0.3, 0.4) is 0 Å². The maximum absolute atomic E-state index is 10.9. The third-order valence-electron chi connectivity index (χ3n) is 1.41. The summed E-state index contributed by atoms with van der Waals surface area (Å²) in [6.07, 6.45) is 0. The highest BCUT2D eigenvalue weighted by Crippen LogP contribution is 1.87. The van der Waals surface area contributed by atoms with Gasteiger partial charge in [0.2, 0.25) is 10.0 Å². The molecule has 0 aromatic carbocycles. The second-order valence-electron chi connectivity index (χ2n) is 3.12. The van der Waals surface area contributed by atoms with Crippen LogP contribution in [0.2, 0.25) is 0 Å². The molecule has 0 radical (unpaired) electrons. The molecule has 4 nitrogen and oxygen atoms in total. The van der Waals surface area contributed by atoms with Crippen molar-refractivity contribution in [2.75, 3.05) is 25.9 Å². The molecule has 74 valence electrons. The zero-order chi connectivity index (χ0) is 9.61. The largest absolute Gasteiger partial charge is 0.315 e. The van der Waals surface area contributed by atoms with E-state index in [4.69, 9.17) is 0 Å². The lowest BCUT2D eigenvalue weighted by molar-refractivity contribution is 0.554. The first-order valence-corrected chi connectivity index (χ1v) is 5.75. The van der Waals surface area contributed by atoms with Crippen molar-refractivity contribution in [2.24, 2.45) is 5.92 Å². The van der Waals surface area contributed by atoms with E-state index in [9.17, 15) is 8.42 Å². The van der Waals surface area contributed by atoms with Crippen molar-refractivity contribution >= 4 is 10.0 Å². The Bertz CT molecular complexity index is 199. The summed E-state index contributed by atoms with van der Waals surface area (Å²) < 4.78 is 24.0. The van der Waals surface area contributed by atoms with Crippen LogP contribution >= 0.6 is 0 Å². The summed E-state index contributed by atoms with van der Waals surface area (Å²) in [5.41, 5.74) is 0. The molecule has 0 saturated heterocycles. The molecule has 0 aromatic rings. The first-order valence-electron chi connectivity index (χ1n) is 4.10. The van der Waals surface area contributed by atoms with Gasteiger partial charge < -0.3 is 5.32 Å². The van der Waals surface area contributed by atoms with Crippen LogP contribution in [0.15, 0.2) is 0 Å². The summed E-state index contributed by atoms with van der Waals surface area (Å²) in [4.78, 5) is 0. The predicted molar refractivity (Wildman–Crippen MR) is 50.6 cm³/mol. The molecule has 0 unspecified atom stereocenters. The van der Waals surface area contributed by atoms with Gasteiger partial charge in [0.1, 0.15) is 0 Å². The number of hydrogen-bond acceptors (Lipinski definition) is 3. The van der Waals surface area contributed by atoms with Gasteiger partial charge in [-0.3, -0.25) is 0 Å². The second-order valence-corrected chi connectivity index (χ2v) is 5.17. The Morgan fingerprint density at radius 1 is 1.33 bits per heavy atom. The molecule has 0 bridgehead atoms. The molecule has 0 aliphatic heterocycles. The molecule has 0 fully saturated rings. The topological polar surface area (TPSA) is 58.2 Å². The Morgan fingerprint density at radius 3 is 2.33 bits per heavy atom. The van der Waals surface area contributed by atoms with E-state index in [1.807, 2.05) is 0 Å². The van der Waals surface area contributed by atoms with Gasteiger partial charge in [-0.25, -0.2) is 13.1 Å². The average Bonchev–Trinajstić information content (AvgIpc) is 1.98. The molecule has 0 aromatic heterocycles. The Morgan fingerprint density at radius 2 is 1.92 bits per heavy atom. The first-order chi connectivity index (χ1) is 5.48. The highest BCUT2D eigenvalue weighted by molar-refractivity contribution is 7.89. The molecule has 0 rings (SSSR count). The van der Waals surface area contributed by atoms with Gasteiger partial charge in [-0.15, -0.1) is 0 Å². The van der Waals surface area contributed by atoms with Crippen molar-refractivity contribution in [2.45, 2.75) is 13.8 Å². The summed E-state index contributed by atoms with van der Waals surface area (Å²) in [5.74, 6) is 0.707. The second kappa shape index (κ2) is 5.50. The number of hydrogen-bond donors (Lipinski definition) is 2. The minimum Gasteiger partial charge on any atom is -0.315 e. The summed E-state index contributed by atoms with van der Waals surface area (Å²) >= 11 is 0. The molecule has 0 atom stereocenters. The Balaban J connectivity index is 3.45. The van der Waals surface area contributed by atoms with E-state index in [-0.39, 0.29) is 5.75 Å². The monoisotopic (exact) mass is 194 g/mol. The van der Waals surface area contributed by atoms with Gasteiger partial charge in [0.05, 0.1) is 5.75 Å². The van der Waals surface area contributed by atoms with Crippen LogP contribution in [0, 0.1) is 5.92 Å². The van der Waals surface area contributed by atoms with Crippen molar-refractivity contribution < 1.29 is 8.42 Å². The zero-order valence-corrected chi connectivity index (χ0v) is 8.74. The van der Waals surface area contributed by atoms with Crippen molar-refractivity contribution in [1.29, 1.82) is 0 Å². The van der Waals surface area contributed by atoms with Crippen molar-refractivity contribution in [3.63, 3.8) is 0 Å². The van der Waals surface area contributed by atoms with Crippen LogP contribution in [-0.4, -0.2) is 34.3 Å². The molecule has 0 saturated carbocycles. The molecule has 12 heavy (non-hydrogen) atoms. The fourth-order valence-electron chi connectivity index (χ4n) is 0.699. The van der Waals surface area contributed by atoms with Crippen molar-refractivity contribution in [3.05, 3.63) is 0 Å². The van der Waals surface area contributed by atoms with E-state index < -0.39 is 10.0 Å². The fraction of sp³-hybridized carbons (Fsp3) is 1.00. The molecule has 0 aliphatic carbocycles. The van der Waals surface area contributed by atoms with Crippen LogP contribution in [-0.2, 0) is 10.0 Å². The molecule has 5 heteroatoms. The summed E-state index contributed by atoms with van der Waals surface area (Å²) in [7, 11) is -1.60. The molecule has 0 amide bonds. The van der Waals surface area contributed by atoms with E-state index in [1.54, 1.807) is 0 Å². The normalized spacial score (nSPS) is 12.3. The lowest BCUT2D eigenvalue weighted by atomic mass is 10.2. The highest BCUT2D eigenvalue weighted by atomic mass is 32.2. The first kappa shape index (κ1) is 11.9. The van der Waals surface area contributed by atoms with Gasteiger partial charge in [0.25, 0.3) is 0 Å². The predicted octanol–water partition coefficient (Wildman–Crippen LogP) is -0.219. The van der Waals surface area contributed by atoms with Gasteiger partial charge >= 0.3 is 0 Å². The third kappa shape index (κ3) is 6.57. The Hall–Kier alpha value is -0.130. The van der Waals surface area contributed by atoms with Gasteiger partial charge in [-0.05, 0) is 19.5 Å². The average molecular weight is 194 g/mol. The maximum Gasteiger partial charge on any atom is 0.212 e. The maximum atomic E-state index is 10.9. The molecular formula is C7H18N2O2S.